The second-order valence-corrected chi connectivity index (χ2v) is 3.71. The van der Waals surface area contributed by atoms with Gasteiger partial charge >= 0.3 is 5.97 Å². The van der Waals surface area contributed by atoms with Crippen LogP contribution in [0.3, 0.4) is 0 Å². The van der Waals surface area contributed by atoms with Crippen LogP contribution in [0.2, 0.25) is 0 Å². The van der Waals surface area contributed by atoms with E-state index < -0.39 is 5.97 Å². The molecule has 0 saturated carbocycles. The zero-order valence-electron chi connectivity index (χ0n) is 9.19. The average Bonchev–Trinajstić information content (AvgIpc) is 2.83. The Kier molecular flexibility index (Phi) is 2.26. The summed E-state index contributed by atoms with van der Waals surface area (Å²) in [5.41, 5.74) is 2.14. The van der Waals surface area contributed by atoms with E-state index in [-0.39, 0.29) is 5.69 Å². The summed E-state index contributed by atoms with van der Waals surface area (Å²) in [6.07, 6.45) is 7.96. The van der Waals surface area contributed by atoms with Crippen LogP contribution in [0.1, 0.15) is 10.5 Å². The number of carboxylic acid groups (broad SMARTS) is 1. The molecule has 0 aromatic carbocycles. The van der Waals surface area contributed by atoms with E-state index in [1.807, 2.05) is 6.07 Å². The molecule has 0 atom stereocenters. The van der Waals surface area contributed by atoms with Crippen LogP contribution in [0.5, 0.6) is 0 Å². The molecule has 3 aromatic heterocycles. The zero-order valence-corrected chi connectivity index (χ0v) is 9.19. The van der Waals surface area contributed by atoms with Gasteiger partial charge in [-0.3, -0.25) is 9.38 Å². The van der Waals surface area contributed by atoms with E-state index in [0.717, 1.165) is 11.1 Å². The van der Waals surface area contributed by atoms with Gasteiger partial charge in [-0.25, -0.2) is 14.8 Å². The van der Waals surface area contributed by atoms with Gasteiger partial charge in [0, 0.05) is 35.9 Å². The highest BCUT2D eigenvalue weighted by Crippen LogP contribution is 2.22. The summed E-state index contributed by atoms with van der Waals surface area (Å²) in [6, 6.07) is 3.68. The molecule has 0 saturated heterocycles. The van der Waals surface area contributed by atoms with Gasteiger partial charge in [-0.1, -0.05) is 6.07 Å². The van der Waals surface area contributed by atoms with Gasteiger partial charge in [0.2, 0.25) is 0 Å². The third kappa shape index (κ3) is 1.60. The molecule has 18 heavy (non-hydrogen) atoms. The average molecular weight is 240 g/mol. The first kappa shape index (κ1) is 10.4. The highest BCUT2D eigenvalue weighted by atomic mass is 16.4. The molecule has 0 bridgehead atoms. The van der Waals surface area contributed by atoms with Crippen molar-refractivity contribution in [3.05, 3.63) is 48.9 Å². The second kappa shape index (κ2) is 3.92. The summed E-state index contributed by atoms with van der Waals surface area (Å²) in [5, 5.41) is 8.94. The number of fused-ring (bicyclic) bond motifs is 1. The standard InChI is InChI=1S/C12H8N4O2/c17-12(18)10-6-16-7-14-5-9(11(16)15-10)8-2-1-3-13-4-8/h1-7H,(H,17,18). The van der Waals surface area contributed by atoms with E-state index >= 15 is 0 Å². The van der Waals surface area contributed by atoms with Gasteiger partial charge in [-0.2, -0.15) is 0 Å². The first-order chi connectivity index (χ1) is 8.75. The van der Waals surface area contributed by atoms with Crippen LogP contribution in [0.25, 0.3) is 16.8 Å². The molecular weight excluding hydrogens is 232 g/mol. The fraction of sp³-hybridized carbons (Fsp3) is 0. The molecule has 0 spiro atoms. The van der Waals surface area contributed by atoms with Gasteiger partial charge in [0.05, 0.1) is 0 Å². The maximum Gasteiger partial charge on any atom is 0.356 e. The lowest BCUT2D eigenvalue weighted by atomic mass is 10.1. The summed E-state index contributed by atoms with van der Waals surface area (Å²) in [4.78, 5) is 23.1. The number of carbonyl (C=O) groups is 1. The number of aromatic carboxylic acids is 1. The van der Waals surface area contributed by atoms with Crippen molar-refractivity contribution in [3.63, 3.8) is 0 Å². The summed E-state index contributed by atoms with van der Waals surface area (Å²) < 4.78 is 1.59. The van der Waals surface area contributed by atoms with Gasteiger partial charge in [0.15, 0.2) is 5.69 Å². The maximum absolute atomic E-state index is 10.9. The summed E-state index contributed by atoms with van der Waals surface area (Å²) in [6.45, 7) is 0. The molecule has 0 aliphatic rings. The van der Waals surface area contributed by atoms with Crippen molar-refractivity contribution < 1.29 is 9.90 Å². The SMILES string of the molecule is O=C(O)c1cn2cncc(-c3cccnc3)c2n1. The first-order valence-corrected chi connectivity index (χ1v) is 5.22. The highest BCUT2D eigenvalue weighted by molar-refractivity contribution is 5.87. The van der Waals surface area contributed by atoms with Crippen molar-refractivity contribution in [3.8, 4) is 11.1 Å². The molecule has 0 amide bonds. The Hall–Kier alpha value is -2.76. The Morgan fingerprint density at radius 3 is 2.89 bits per heavy atom. The van der Waals surface area contributed by atoms with Crippen molar-refractivity contribution in [1.82, 2.24) is 19.4 Å². The molecule has 0 fully saturated rings. The summed E-state index contributed by atoms with van der Waals surface area (Å²) >= 11 is 0. The van der Waals surface area contributed by atoms with Crippen LogP contribution in [-0.2, 0) is 0 Å². The molecule has 0 aliphatic carbocycles. The predicted octanol–water partition coefficient (Wildman–Crippen LogP) is 1.49. The number of pyridine rings is 1. The van der Waals surface area contributed by atoms with Crippen LogP contribution in [-0.4, -0.2) is 30.4 Å². The van der Waals surface area contributed by atoms with Crippen LogP contribution in [0.15, 0.2) is 43.2 Å². The quantitative estimate of drug-likeness (QED) is 0.734. The monoisotopic (exact) mass is 240 g/mol. The number of hydrogen-bond acceptors (Lipinski definition) is 4. The van der Waals surface area contributed by atoms with Crippen molar-refractivity contribution in [2.45, 2.75) is 0 Å². The van der Waals surface area contributed by atoms with Gasteiger partial charge in [0.25, 0.3) is 0 Å². The number of carboxylic acids is 1. The summed E-state index contributed by atoms with van der Waals surface area (Å²) in [5.74, 6) is -1.06. The van der Waals surface area contributed by atoms with E-state index in [4.69, 9.17) is 5.11 Å². The van der Waals surface area contributed by atoms with E-state index in [9.17, 15) is 4.79 Å². The minimum atomic E-state index is -1.06. The zero-order chi connectivity index (χ0) is 12.5. The lowest BCUT2D eigenvalue weighted by Gasteiger charge is -2.01. The molecule has 0 radical (unpaired) electrons. The Bertz CT molecular complexity index is 721. The van der Waals surface area contributed by atoms with Gasteiger partial charge in [-0.15, -0.1) is 0 Å². The fourth-order valence-electron chi connectivity index (χ4n) is 1.75. The predicted molar refractivity (Wildman–Crippen MR) is 63.2 cm³/mol. The first-order valence-electron chi connectivity index (χ1n) is 5.22. The highest BCUT2D eigenvalue weighted by Gasteiger charge is 2.12. The maximum atomic E-state index is 10.9. The largest absolute Gasteiger partial charge is 0.476 e. The minimum absolute atomic E-state index is 0.00635. The number of nitrogens with zero attached hydrogens (tertiary/aromatic N) is 4. The van der Waals surface area contributed by atoms with Crippen LogP contribution < -0.4 is 0 Å². The lowest BCUT2D eigenvalue weighted by molar-refractivity contribution is 0.0691. The van der Waals surface area contributed by atoms with E-state index in [1.54, 1.807) is 29.1 Å². The molecule has 0 aliphatic heterocycles. The van der Waals surface area contributed by atoms with Crippen molar-refractivity contribution in [2.24, 2.45) is 0 Å². The molecule has 88 valence electrons. The third-order valence-corrected chi connectivity index (χ3v) is 2.56. The van der Waals surface area contributed by atoms with Crippen molar-refractivity contribution in [1.29, 1.82) is 0 Å². The van der Waals surface area contributed by atoms with E-state index in [1.165, 1.54) is 12.5 Å². The Morgan fingerprint density at radius 1 is 1.28 bits per heavy atom. The Balaban J connectivity index is 2.27. The van der Waals surface area contributed by atoms with E-state index in [0.29, 0.717) is 5.65 Å². The fourth-order valence-corrected chi connectivity index (χ4v) is 1.75. The number of rotatable bonds is 2. The molecule has 0 unspecified atom stereocenters. The molecule has 3 rings (SSSR count). The molecule has 1 N–H and O–H groups in total. The molecular formula is C12H8N4O2. The van der Waals surface area contributed by atoms with Gasteiger partial charge in [0.1, 0.15) is 12.0 Å². The van der Waals surface area contributed by atoms with Crippen molar-refractivity contribution in [2.75, 3.05) is 0 Å². The van der Waals surface area contributed by atoms with Gasteiger partial charge < -0.3 is 5.11 Å². The smallest absolute Gasteiger partial charge is 0.356 e. The molecule has 6 nitrogen and oxygen atoms in total. The lowest BCUT2D eigenvalue weighted by Crippen LogP contribution is -1.95. The van der Waals surface area contributed by atoms with Crippen LogP contribution in [0.4, 0.5) is 0 Å². The summed E-state index contributed by atoms with van der Waals surface area (Å²) in [7, 11) is 0. The molecule has 6 heteroatoms. The Morgan fingerprint density at radius 2 is 2.17 bits per heavy atom. The second-order valence-electron chi connectivity index (χ2n) is 3.71. The third-order valence-electron chi connectivity index (χ3n) is 2.56. The number of hydrogen-bond donors (Lipinski definition) is 1. The van der Waals surface area contributed by atoms with Crippen LogP contribution >= 0.6 is 0 Å². The minimum Gasteiger partial charge on any atom is -0.476 e. The number of imidazole rings is 1. The van der Waals surface area contributed by atoms with E-state index in [2.05, 4.69) is 15.0 Å². The normalized spacial score (nSPS) is 10.7. The van der Waals surface area contributed by atoms with Crippen LogP contribution in [0, 0.1) is 0 Å². The number of aromatic nitrogens is 4. The Labute approximate surface area is 102 Å². The van der Waals surface area contributed by atoms with Gasteiger partial charge in [-0.05, 0) is 6.07 Å². The topological polar surface area (TPSA) is 80.4 Å². The molecule has 3 aromatic rings. The van der Waals surface area contributed by atoms with Crippen molar-refractivity contribution >= 4 is 11.6 Å². The molecule has 3 heterocycles.